The molecule has 1 aliphatic heterocycles. The van der Waals surface area contributed by atoms with Gasteiger partial charge < -0.3 is 5.32 Å². The summed E-state index contributed by atoms with van der Waals surface area (Å²) in [6.45, 7) is 13.9. The molecule has 1 unspecified atom stereocenters. The van der Waals surface area contributed by atoms with Gasteiger partial charge in [-0.1, -0.05) is 13.0 Å². The minimum atomic E-state index is -3.54. The fraction of sp³-hybridized carbons (Fsp3) is 0.650. The van der Waals surface area contributed by atoms with Crippen molar-refractivity contribution in [2.24, 2.45) is 0 Å². The van der Waals surface area contributed by atoms with Crippen LogP contribution >= 0.6 is 0 Å². The van der Waals surface area contributed by atoms with Crippen LogP contribution in [0.4, 0.5) is 0 Å². The molecule has 0 spiro atoms. The molecule has 0 saturated carbocycles. The first-order valence-corrected chi connectivity index (χ1v) is 11.1. The van der Waals surface area contributed by atoms with Crippen molar-refractivity contribution < 1.29 is 13.2 Å². The molecule has 1 aromatic rings. The third-order valence-electron chi connectivity index (χ3n) is 5.61. The third-order valence-corrected chi connectivity index (χ3v) is 7.79. The molecule has 0 aromatic heterocycles. The number of piperazine rings is 1. The van der Waals surface area contributed by atoms with E-state index in [2.05, 4.69) is 5.32 Å². The maximum atomic E-state index is 13.3. The van der Waals surface area contributed by atoms with E-state index >= 15 is 0 Å². The number of aryl methyl sites for hydroxylation is 2. The minimum Gasteiger partial charge on any atom is -0.353 e. The van der Waals surface area contributed by atoms with Gasteiger partial charge >= 0.3 is 0 Å². The Balaban J connectivity index is 2.09. The van der Waals surface area contributed by atoms with E-state index in [1.54, 1.807) is 4.31 Å². The van der Waals surface area contributed by atoms with Crippen LogP contribution in [0.1, 0.15) is 42.5 Å². The molecule has 2 rings (SSSR count). The van der Waals surface area contributed by atoms with Crippen LogP contribution in [0, 0.1) is 27.7 Å². The molecule has 1 atom stereocenters. The van der Waals surface area contributed by atoms with E-state index in [4.69, 9.17) is 0 Å². The Bertz CT molecular complexity index is 771. The molecule has 1 aliphatic rings. The average Bonchev–Trinajstić information content (AvgIpc) is 2.60. The maximum absolute atomic E-state index is 13.3. The Kier molecular flexibility index (Phi) is 7.05. The fourth-order valence-electron chi connectivity index (χ4n) is 3.45. The highest BCUT2D eigenvalue weighted by Crippen LogP contribution is 2.29. The zero-order valence-corrected chi connectivity index (χ0v) is 18.2. The molecule has 27 heavy (non-hydrogen) atoms. The zero-order chi connectivity index (χ0) is 20.4. The second-order valence-electron chi connectivity index (χ2n) is 7.65. The molecule has 1 N–H and O–H groups in total. The number of carbonyl (C=O) groups is 1. The molecular weight excluding hydrogens is 362 g/mol. The first-order valence-electron chi connectivity index (χ1n) is 9.67. The summed E-state index contributed by atoms with van der Waals surface area (Å²) in [5.74, 6) is 0.00153. The summed E-state index contributed by atoms with van der Waals surface area (Å²) < 4.78 is 28.1. The lowest BCUT2D eigenvalue weighted by molar-refractivity contribution is -0.123. The van der Waals surface area contributed by atoms with E-state index in [9.17, 15) is 13.2 Å². The van der Waals surface area contributed by atoms with Crippen molar-refractivity contribution in [1.82, 2.24) is 14.5 Å². The number of benzene rings is 1. The number of amides is 1. The number of carbonyl (C=O) groups excluding carboxylic acids is 1. The fourth-order valence-corrected chi connectivity index (χ4v) is 5.45. The highest BCUT2D eigenvalue weighted by atomic mass is 32.2. The molecule has 1 amide bonds. The van der Waals surface area contributed by atoms with Crippen molar-refractivity contribution in [2.45, 2.75) is 58.9 Å². The van der Waals surface area contributed by atoms with Crippen molar-refractivity contribution in [3.05, 3.63) is 28.3 Å². The van der Waals surface area contributed by atoms with Crippen LogP contribution in [0.15, 0.2) is 11.0 Å². The summed E-state index contributed by atoms with van der Waals surface area (Å²) in [6.07, 6.45) is 0.895. The third kappa shape index (κ3) is 4.89. The van der Waals surface area contributed by atoms with E-state index in [0.29, 0.717) is 37.6 Å². The van der Waals surface area contributed by atoms with Crippen LogP contribution in [0.2, 0.25) is 0 Å². The van der Waals surface area contributed by atoms with Crippen molar-refractivity contribution in [3.63, 3.8) is 0 Å². The van der Waals surface area contributed by atoms with Gasteiger partial charge in [0.2, 0.25) is 15.9 Å². The lowest BCUT2D eigenvalue weighted by Crippen LogP contribution is -2.51. The van der Waals surface area contributed by atoms with E-state index in [1.807, 2.05) is 52.5 Å². The Morgan fingerprint density at radius 1 is 1.07 bits per heavy atom. The first kappa shape index (κ1) is 21.9. The number of hydrogen-bond donors (Lipinski definition) is 1. The van der Waals surface area contributed by atoms with Gasteiger partial charge in [-0.3, -0.25) is 9.69 Å². The predicted molar refractivity (Wildman–Crippen MR) is 108 cm³/mol. The summed E-state index contributed by atoms with van der Waals surface area (Å²) in [6, 6.07) is 2.20. The average molecular weight is 396 g/mol. The second kappa shape index (κ2) is 8.71. The topological polar surface area (TPSA) is 69.7 Å². The molecule has 0 aliphatic carbocycles. The summed E-state index contributed by atoms with van der Waals surface area (Å²) in [4.78, 5) is 14.5. The Morgan fingerprint density at radius 3 is 2.07 bits per heavy atom. The quantitative estimate of drug-likeness (QED) is 0.801. The summed E-state index contributed by atoms with van der Waals surface area (Å²) in [5.41, 5.74) is 3.65. The molecule has 6 nitrogen and oxygen atoms in total. The normalized spacial score (nSPS) is 17.7. The molecule has 152 valence electrons. The molecule has 0 bridgehead atoms. The number of nitrogens with one attached hydrogen (secondary N) is 1. The Hall–Kier alpha value is -1.44. The number of sulfonamides is 1. The number of hydrogen-bond acceptors (Lipinski definition) is 4. The van der Waals surface area contributed by atoms with Crippen LogP contribution in [0.25, 0.3) is 0 Å². The first-order chi connectivity index (χ1) is 12.6. The lowest BCUT2D eigenvalue weighted by atomic mass is 10.0. The van der Waals surface area contributed by atoms with Gasteiger partial charge in [-0.25, -0.2) is 8.42 Å². The molecular formula is C20H33N3O3S. The summed E-state index contributed by atoms with van der Waals surface area (Å²) in [7, 11) is -3.54. The molecule has 7 heteroatoms. The Labute approximate surface area is 164 Å². The van der Waals surface area contributed by atoms with Gasteiger partial charge in [0.05, 0.1) is 11.4 Å². The van der Waals surface area contributed by atoms with E-state index in [-0.39, 0.29) is 11.9 Å². The van der Waals surface area contributed by atoms with Crippen molar-refractivity contribution in [1.29, 1.82) is 0 Å². The minimum absolute atomic E-state index is 0.00153. The summed E-state index contributed by atoms with van der Waals surface area (Å²) in [5, 5.41) is 2.96. The van der Waals surface area contributed by atoms with Crippen molar-refractivity contribution >= 4 is 15.9 Å². The van der Waals surface area contributed by atoms with Gasteiger partial charge in [0, 0.05) is 32.2 Å². The Morgan fingerprint density at radius 2 is 1.59 bits per heavy atom. The molecule has 1 heterocycles. The molecule has 0 radical (unpaired) electrons. The van der Waals surface area contributed by atoms with E-state index in [1.165, 1.54) is 0 Å². The maximum Gasteiger partial charge on any atom is 0.243 e. The monoisotopic (exact) mass is 395 g/mol. The number of nitrogens with zero attached hydrogens (tertiary/aromatic N) is 2. The molecule has 1 fully saturated rings. The largest absolute Gasteiger partial charge is 0.353 e. The highest BCUT2D eigenvalue weighted by Gasteiger charge is 2.32. The lowest BCUT2D eigenvalue weighted by Gasteiger charge is -2.34. The van der Waals surface area contributed by atoms with Crippen LogP contribution in [0.3, 0.4) is 0 Å². The van der Waals surface area contributed by atoms with Gasteiger partial charge in [0.25, 0.3) is 0 Å². The SMILES string of the molecule is CCC(C)NC(=O)CN1CCN(S(=O)(=O)c2c(C)c(C)cc(C)c2C)CC1. The standard InChI is InChI=1S/C20H33N3O3S/c1-7-16(4)21-19(24)13-22-8-10-23(11-9-22)27(25,26)20-17(5)14(2)12-15(3)18(20)6/h12,16H,7-11,13H2,1-6H3,(H,21,24). The van der Waals surface area contributed by atoms with Crippen molar-refractivity contribution in [2.75, 3.05) is 32.7 Å². The van der Waals surface area contributed by atoms with Gasteiger partial charge in [-0.2, -0.15) is 4.31 Å². The van der Waals surface area contributed by atoms with Gasteiger partial charge in [-0.05, 0) is 63.3 Å². The molecule has 1 saturated heterocycles. The van der Waals surface area contributed by atoms with Gasteiger partial charge in [0.15, 0.2) is 0 Å². The zero-order valence-electron chi connectivity index (χ0n) is 17.4. The van der Waals surface area contributed by atoms with Crippen LogP contribution in [0.5, 0.6) is 0 Å². The smallest absolute Gasteiger partial charge is 0.243 e. The second-order valence-corrected chi connectivity index (χ2v) is 9.52. The van der Waals surface area contributed by atoms with Crippen LogP contribution in [-0.2, 0) is 14.8 Å². The van der Waals surface area contributed by atoms with Crippen molar-refractivity contribution in [3.8, 4) is 0 Å². The van der Waals surface area contributed by atoms with Crippen LogP contribution in [-0.4, -0.2) is 62.3 Å². The predicted octanol–water partition coefficient (Wildman–Crippen LogP) is 2.14. The van der Waals surface area contributed by atoms with E-state index < -0.39 is 10.0 Å². The summed E-state index contributed by atoms with van der Waals surface area (Å²) >= 11 is 0. The molecule has 1 aromatic carbocycles. The number of rotatable bonds is 6. The van der Waals surface area contributed by atoms with Gasteiger partial charge in [-0.15, -0.1) is 0 Å². The van der Waals surface area contributed by atoms with Gasteiger partial charge in [0.1, 0.15) is 0 Å². The van der Waals surface area contributed by atoms with E-state index in [0.717, 1.165) is 28.7 Å². The highest BCUT2D eigenvalue weighted by molar-refractivity contribution is 7.89. The van der Waals surface area contributed by atoms with Crippen LogP contribution < -0.4 is 5.32 Å².